The van der Waals surface area contributed by atoms with E-state index in [0.717, 1.165) is 0 Å². The van der Waals surface area contributed by atoms with E-state index in [4.69, 9.17) is 4.74 Å². The highest BCUT2D eigenvalue weighted by Crippen LogP contribution is 2.14. The molecule has 0 aliphatic carbocycles. The minimum Gasteiger partial charge on any atom is -0.374 e. The fourth-order valence-corrected chi connectivity index (χ4v) is 1.77. The van der Waals surface area contributed by atoms with Crippen LogP contribution in [0, 0.1) is 9.39 Å². The van der Waals surface area contributed by atoms with Crippen molar-refractivity contribution in [3.8, 4) is 0 Å². The lowest BCUT2D eigenvalue weighted by Crippen LogP contribution is -2.10. The molecule has 0 aromatic heterocycles. The van der Waals surface area contributed by atoms with Crippen LogP contribution in [0.3, 0.4) is 0 Å². The third kappa shape index (κ3) is 3.02. The van der Waals surface area contributed by atoms with Gasteiger partial charge < -0.3 is 4.74 Å². The highest BCUT2D eigenvalue weighted by atomic mass is 127. The monoisotopic (exact) mass is 308 g/mol. The zero-order chi connectivity index (χ0) is 10.6. The van der Waals surface area contributed by atoms with Gasteiger partial charge in [0.2, 0.25) is 0 Å². The van der Waals surface area contributed by atoms with Crippen molar-refractivity contribution < 1.29 is 13.9 Å². The van der Waals surface area contributed by atoms with Crippen molar-refractivity contribution in [1.82, 2.24) is 0 Å². The lowest BCUT2D eigenvalue weighted by Gasteiger charge is -2.03. The molecule has 0 N–H and O–H groups in total. The lowest BCUT2D eigenvalue weighted by molar-refractivity contribution is 0.0782. The zero-order valence-electron chi connectivity index (χ0n) is 7.72. The van der Waals surface area contributed by atoms with Crippen LogP contribution in [0.25, 0.3) is 0 Å². The summed E-state index contributed by atoms with van der Waals surface area (Å²) in [7, 11) is 0. The van der Waals surface area contributed by atoms with Crippen molar-refractivity contribution in [2.75, 3.05) is 13.2 Å². The number of ether oxygens (including phenoxy) is 1. The number of ketones is 1. The van der Waals surface area contributed by atoms with Gasteiger partial charge in [-0.25, -0.2) is 4.39 Å². The topological polar surface area (TPSA) is 26.3 Å². The van der Waals surface area contributed by atoms with Gasteiger partial charge in [0.05, 0.1) is 0 Å². The quantitative estimate of drug-likeness (QED) is 0.631. The van der Waals surface area contributed by atoms with Crippen LogP contribution < -0.4 is 0 Å². The van der Waals surface area contributed by atoms with Crippen molar-refractivity contribution in [1.29, 1.82) is 0 Å². The highest BCUT2D eigenvalue weighted by Gasteiger charge is 2.10. The molecule has 0 aliphatic heterocycles. The molecular weight excluding hydrogens is 298 g/mol. The predicted octanol–water partition coefficient (Wildman–Crippen LogP) is 2.65. The molecule has 0 unspecified atom stereocenters. The van der Waals surface area contributed by atoms with Crippen LogP contribution in [0.15, 0.2) is 18.2 Å². The van der Waals surface area contributed by atoms with E-state index in [-0.39, 0.29) is 18.2 Å². The van der Waals surface area contributed by atoms with Crippen LogP contribution in [-0.4, -0.2) is 19.0 Å². The van der Waals surface area contributed by atoms with Crippen molar-refractivity contribution in [3.05, 3.63) is 33.1 Å². The lowest BCUT2D eigenvalue weighted by atomic mass is 10.1. The first-order chi connectivity index (χ1) is 6.65. The van der Waals surface area contributed by atoms with Crippen LogP contribution in [0.5, 0.6) is 0 Å². The second kappa shape index (κ2) is 5.41. The average Bonchev–Trinajstić information content (AvgIpc) is 2.14. The molecule has 14 heavy (non-hydrogen) atoms. The Morgan fingerprint density at radius 1 is 1.57 bits per heavy atom. The Balaban J connectivity index is 2.80. The van der Waals surface area contributed by atoms with Gasteiger partial charge in [-0.2, -0.15) is 0 Å². The molecular formula is C10H10FIO2. The largest absolute Gasteiger partial charge is 0.374 e. The van der Waals surface area contributed by atoms with Crippen LogP contribution in [0.1, 0.15) is 17.3 Å². The van der Waals surface area contributed by atoms with Crippen molar-refractivity contribution in [3.63, 3.8) is 0 Å². The normalized spacial score (nSPS) is 10.2. The number of carbonyl (C=O) groups is 1. The summed E-state index contributed by atoms with van der Waals surface area (Å²) in [5.74, 6) is -0.446. The van der Waals surface area contributed by atoms with Crippen LogP contribution in [0.2, 0.25) is 0 Å². The molecule has 0 saturated carbocycles. The highest BCUT2D eigenvalue weighted by molar-refractivity contribution is 14.1. The first-order valence-electron chi connectivity index (χ1n) is 4.21. The van der Waals surface area contributed by atoms with Gasteiger partial charge in [0, 0.05) is 15.7 Å². The first kappa shape index (κ1) is 11.6. The third-order valence-corrected chi connectivity index (χ3v) is 2.56. The number of benzene rings is 1. The maximum atomic E-state index is 12.7. The van der Waals surface area contributed by atoms with E-state index in [2.05, 4.69) is 0 Å². The van der Waals surface area contributed by atoms with Crippen molar-refractivity contribution >= 4 is 28.4 Å². The van der Waals surface area contributed by atoms with Gasteiger partial charge in [0.15, 0.2) is 5.78 Å². The van der Waals surface area contributed by atoms with Crippen LogP contribution in [-0.2, 0) is 4.74 Å². The van der Waals surface area contributed by atoms with E-state index >= 15 is 0 Å². The summed E-state index contributed by atoms with van der Waals surface area (Å²) in [6.45, 7) is 2.38. The minimum atomic E-state index is -0.331. The van der Waals surface area contributed by atoms with Gasteiger partial charge in [-0.3, -0.25) is 4.79 Å². The smallest absolute Gasteiger partial charge is 0.189 e. The molecule has 1 rings (SSSR count). The molecule has 0 fully saturated rings. The van der Waals surface area contributed by atoms with Gasteiger partial charge in [0.25, 0.3) is 0 Å². The molecule has 0 spiro atoms. The second-order valence-corrected chi connectivity index (χ2v) is 3.85. The molecule has 0 saturated heterocycles. The number of hydrogen-bond donors (Lipinski definition) is 0. The van der Waals surface area contributed by atoms with E-state index in [1.165, 1.54) is 18.2 Å². The summed E-state index contributed by atoms with van der Waals surface area (Å²) in [6.07, 6.45) is 0. The first-order valence-corrected chi connectivity index (χ1v) is 5.29. The summed E-state index contributed by atoms with van der Waals surface area (Å²) in [6, 6.07) is 4.10. The number of hydrogen-bond acceptors (Lipinski definition) is 2. The fourth-order valence-electron chi connectivity index (χ4n) is 0.988. The summed E-state index contributed by atoms with van der Waals surface area (Å²) >= 11 is 1.94. The number of halogens is 2. The Morgan fingerprint density at radius 2 is 2.29 bits per heavy atom. The van der Waals surface area contributed by atoms with E-state index in [0.29, 0.717) is 15.7 Å². The van der Waals surface area contributed by atoms with E-state index in [1.807, 2.05) is 29.5 Å². The summed E-state index contributed by atoms with van der Waals surface area (Å²) in [5.41, 5.74) is 0.514. The Kier molecular flexibility index (Phi) is 4.47. The van der Waals surface area contributed by atoms with Gasteiger partial charge in [-0.1, -0.05) is 0 Å². The maximum absolute atomic E-state index is 12.7. The van der Waals surface area contributed by atoms with Gasteiger partial charge in [0.1, 0.15) is 12.4 Å². The number of Topliss-reactive ketones (excluding diaryl/α,β-unsaturated/α-hetero) is 1. The molecule has 0 aliphatic rings. The molecule has 1 aromatic rings. The van der Waals surface area contributed by atoms with Gasteiger partial charge in [-0.15, -0.1) is 0 Å². The Bertz CT molecular complexity index is 339. The van der Waals surface area contributed by atoms with Gasteiger partial charge in [-0.05, 0) is 47.7 Å². The minimum absolute atomic E-state index is 0.0537. The second-order valence-electron chi connectivity index (χ2n) is 2.68. The third-order valence-electron chi connectivity index (χ3n) is 1.67. The molecule has 76 valence electrons. The van der Waals surface area contributed by atoms with E-state index in [1.54, 1.807) is 0 Å². The van der Waals surface area contributed by atoms with Crippen molar-refractivity contribution in [2.45, 2.75) is 6.92 Å². The van der Waals surface area contributed by atoms with Crippen LogP contribution >= 0.6 is 22.6 Å². The van der Waals surface area contributed by atoms with Crippen LogP contribution in [0.4, 0.5) is 4.39 Å². The molecule has 0 amide bonds. The molecule has 0 radical (unpaired) electrons. The molecule has 4 heteroatoms. The van der Waals surface area contributed by atoms with Crippen molar-refractivity contribution in [2.24, 2.45) is 0 Å². The fraction of sp³-hybridized carbons (Fsp3) is 0.300. The molecule has 1 aromatic carbocycles. The zero-order valence-corrected chi connectivity index (χ0v) is 9.88. The average molecular weight is 308 g/mol. The molecule has 0 bridgehead atoms. The van der Waals surface area contributed by atoms with Gasteiger partial charge >= 0.3 is 0 Å². The predicted molar refractivity (Wildman–Crippen MR) is 59.9 cm³/mol. The Hall–Kier alpha value is -0.490. The Morgan fingerprint density at radius 3 is 2.86 bits per heavy atom. The molecule has 2 nitrogen and oxygen atoms in total. The maximum Gasteiger partial charge on any atom is 0.189 e. The molecule has 0 heterocycles. The molecule has 0 atom stereocenters. The summed E-state index contributed by atoms with van der Waals surface area (Å²) < 4.78 is 18.3. The SMILES string of the molecule is CCOCC(=O)c1ccc(F)cc1I. The standard InChI is InChI=1S/C10H10FIO2/c1-2-14-6-10(13)8-4-3-7(11)5-9(8)12/h3-5H,2,6H2,1H3. The Labute approximate surface area is 95.6 Å². The van der Waals surface area contributed by atoms with E-state index < -0.39 is 0 Å². The number of rotatable bonds is 4. The van der Waals surface area contributed by atoms with E-state index in [9.17, 15) is 9.18 Å². The summed E-state index contributed by atoms with van der Waals surface area (Å²) in [5, 5.41) is 0. The number of carbonyl (C=O) groups excluding carboxylic acids is 1. The summed E-state index contributed by atoms with van der Waals surface area (Å²) in [4.78, 5) is 11.5.